The molecule has 1 unspecified atom stereocenters. The van der Waals surface area contributed by atoms with Crippen LogP contribution in [0.4, 0.5) is 5.00 Å². The Morgan fingerprint density at radius 1 is 1.17 bits per heavy atom. The van der Waals surface area contributed by atoms with Gasteiger partial charge in [-0.25, -0.2) is 4.79 Å². The Kier molecular flexibility index (Phi) is 5.21. The van der Waals surface area contributed by atoms with Crippen molar-refractivity contribution in [2.75, 3.05) is 26.0 Å². The van der Waals surface area contributed by atoms with Gasteiger partial charge in [-0.15, -0.1) is 11.3 Å². The molecule has 164 valence electrons. The summed E-state index contributed by atoms with van der Waals surface area (Å²) in [6, 6.07) is 0. The molecule has 1 heterocycles. The Bertz CT molecular complexity index is 826. The van der Waals surface area contributed by atoms with Gasteiger partial charge in [0.05, 0.1) is 19.2 Å². The Morgan fingerprint density at radius 3 is 2.40 bits per heavy atom. The van der Waals surface area contributed by atoms with Crippen LogP contribution in [-0.2, 0) is 22.4 Å². The lowest BCUT2D eigenvalue weighted by molar-refractivity contribution is -0.123. The average molecular weight is 431 g/mol. The van der Waals surface area contributed by atoms with Gasteiger partial charge in [0.25, 0.3) is 0 Å². The molecule has 0 spiro atoms. The number of ether oxygens (including phenoxy) is 1. The Morgan fingerprint density at radius 2 is 1.80 bits per heavy atom. The van der Waals surface area contributed by atoms with Crippen LogP contribution in [0, 0.1) is 23.7 Å². The standard InChI is InChI=1S/C24H34N2O3S/c1-14-4-5-18-19(6-14)30-22(21(18)23(28)29-3)25-20(27)13-26(2)24-10-15-7-16(11-24)9-17(8-15)12-24/h14-17H,4-13H2,1-3H3,(H,25,27). The number of thiophene rings is 1. The number of amides is 1. The molecule has 6 heteroatoms. The number of anilines is 1. The second-order valence-corrected chi connectivity index (χ2v) is 11.7. The zero-order valence-corrected chi connectivity index (χ0v) is 19.3. The number of likely N-dealkylation sites (N-methyl/N-ethyl adjacent to an activating group) is 1. The van der Waals surface area contributed by atoms with Crippen molar-refractivity contribution in [3.05, 3.63) is 16.0 Å². The highest BCUT2D eigenvalue weighted by atomic mass is 32.1. The molecule has 1 atom stereocenters. The number of esters is 1. The average Bonchev–Trinajstić information content (AvgIpc) is 3.02. The highest BCUT2D eigenvalue weighted by molar-refractivity contribution is 7.17. The first-order chi connectivity index (χ1) is 14.4. The largest absolute Gasteiger partial charge is 0.465 e. The van der Waals surface area contributed by atoms with E-state index in [2.05, 4.69) is 24.2 Å². The summed E-state index contributed by atoms with van der Waals surface area (Å²) in [5.74, 6) is 2.86. The Hall–Kier alpha value is -1.40. The summed E-state index contributed by atoms with van der Waals surface area (Å²) in [7, 11) is 3.55. The molecule has 1 N–H and O–H groups in total. The second kappa shape index (κ2) is 7.63. The van der Waals surface area contributed by atoms with Crippen LogP contribution in [0.2, 0.25) is 0 Å². The smallest absolute Gasteiger partial charge is 0.341 e. The maximum absolute atomic E-state index is 13.1. The van der Waals surface area contributed by atoms with Crippen molar-refractivity contribution in [2.45, 2.75) is 70.3 Å². The van der Waals surface area contributed by atoms with Crippen molar-refractivity contribution in [1.29, 1.82) is 0 Å². The van der Waals surface area contributed by atoms with Crippen molar-refractivity contribution in [3.63, 3.8) is 0 Å². The molecule has 4 saturated carbocycles. The number of fused-ring (bicyclic) bond motifs is 1. The van der Waals surface area contributed by atoms with Gasteiger partial charge < -0.3 is 10.1 Å². The zero-order valence-electron chi connectivity index (χ0n) is 18.5. The SMILES string of the molecule is COC(=O)c1c(NC(=O)CN(C)C23CC4CC(CC(C4)C2)C3)sc2c1CCC(C)C2. The quantitative estimate of drug-likeness (QED) is 0.699. The molecule has 0 aliphatic heterocycles. The molecule has 1 amide bonds. The van der Waals surface area contributed by atoms with E-state index in [1.807, 2.05) is 0 Å². The molecule has 5 nitrogen and oxygen atoms in total. The molecule has 0 radical (unpaired) electrons. The van der Waals surface area contributed by atoms with Crippen LogP contribution in [-0.4, -0.2) is 43.0 Å². The minimum Gasteiger partial charge on any atom is -0.465 e. The third-order valence-electron chi connectivity index (χ3n) is 8.35. The van der Waals surface area contributed by atoms with E-state index in [0.29, 0.717) is 23.0 Å². The summed E-state index contributed by atoms with van der Waals surface area (Å²) in [5, 5.41) is 3.78. The number of hydrogen-bond acceptors (Lipinski definition) is 5. The predicted molar refractivity (Wildman–Crippen MR) is 119 cm³/mol. The number of carbonyl (C=O) groups is 2. The molecule has 0 saturated heterocycles. The van der Waals surface area contributed by atoms with Crippen LogP contribution in [0.5, 0.6) is 0 Å². The summed E-state index contributed by atoms with van der Waals surface area (Å²) in [5.41, 5.74) is 1.89. The van der Waals surface area contributed by atoms with Crippen LogP contribution < -0.4 is 5.32 Å². The summed E-state index contributed by atoms with van der Waals surface area (Å²) in [6.45, 7) is 2.64. The number of nitrogens with one attached hydrogen (secondary N) is 1. The van der Waals surface area contributed by atoms with Gasteiger partial charge in [0.1, 0.15) is 5.00 Å². The van der Waals surface area contributed by atoms with Crippen molar-refractivity contribution >= 4 is 28.2 Å². The third kappa shape index (κ3) is 3.50. The fourth-order valence-electron chi connectivity index (χ4n) is 7.24. The van der Waals surface area contributed by atoms with Gasteiger partial charge >= 0.3 is 5.97 Å². The third-order valence-corrected chi connectivity index (χ3v) is 9.52. The van der Waals surface area contributed by atoms with Gasteiger partial charge in [-0.05, 0) is 94.1 Å². The van der Waals surface area contributed by atoms with E-state index >= 15 is 0 Å². The molecular formula is C24H34N2O3S. The number of rotatable bonds is 5. The molecule has 4 bridgehead atoms. The lowest BCUT2D eigenvalue weighted by atomic mass is 9.52. The summed E-state index contributed by atoms with van der Waals surface area (Å²) < 4.78 is 5.06. The van der Waals surface area contributed by atoms with Crippen molar-refractivity contribution in [3.8, 4) is 0 Å². The van der Waals surface area contributed by atoms with Gasteiger partial charge in [-0.1, -0.05) is 6.92 Å². The van der Waals surface area contributed by atoms with Crippen molar-refractivity contribution < 1.29 is 14.3 Å². The Balaban J connectivity index is 1.32. The molecule has 0 aromatic carbocycles. The van der Waals surface area contributed by atoms with E-state index in [-0.39, 0.29) is 17.4 Å². The van der Waals surface area contributed by atoms with E-state index in [1.165, 1.54) is 50.5 Å². The normalized spacial score (nSPS) is 34.1. The van der Waals surface area contributed by atoms with Gasteiger partial charge in [0, 0.05) is 10.4 Å². The molecule has 5 aliphatic rings. The van der Waals surface area contributed by atoms with Crippen LogP contribution in [0.1, 0.15) is 72.7 Å². The topological polar surface area (TPSA) is 58.6 Å². The molecule has 6 rings (SSSR count). The number of carbonyl (C=O) groups excluding carboxylic acids is 2. The van der Waals surface area contributed by atoms with Gasteiger partial charge in [-0.2, -0.15) is 0 Å². The lowest BCUT2D eigenvalue weighted by Gasteiger charge is -2.59. The molecule has 4 fully saturated rings. The van der Waals surface area contributed by atoms with Crippen LogP contribution in [0.15, 0.2) is 0 Å². The minimum absolute atomic E-state index is 0.00922. The van der Waals surface area contributed by atoms with Crippen LogP contribution in [0.3, 0.4) is 0 Å². The maximum atomic E-state index is 13.1. The van der Waals surface area contributed by atoms with E-state index in [1.54, 1.807) is 11.3 Å². The molecule has 1 aromatic rings. The highest BCUT2D eigenvalue weighted by Crippen LogP contribution is 2.57. The van der Waals surface area contributed by atoms with Gasteiger partial charge in [0.15, 0.2) is 0 Å². The molecule has 1 aromatic heterocycles. The summed E-state index contributed by atoms with van der Waals surface area (Å²) >= 11 is 1.57. The maximum Gasteiger partial charge on any atom is 0.341 e. The first-order valence-corrected chi connectivity index (χ1v) is 12.4. The first-order valence-electron chi connectivity index (χ1n) is 11.6. The number of methoxy groups -OCH3 is 1. The zero-order chi connectivity index (χ0) is 21.0. The fraction of sp³-hybridized carbons (Fsp3) is 0.750. The second-order valence-electron chi connectivity index (χ2n) is 10.6. The summed E-state index contributed by atoms with van der Waals surface area (Å²) in [4.78, 5) is 29.1. The monoisotopic (exact) mass is 430 g/mol. The highest BCUT2D eigenvalue weighted by Gasteiger charge is 2.52. The van der Waals surface area contributed by atoms with Gasteiger partial charge in [-0.3, -0.25) is 9.69 Å². The van der Waals surface area contributed by atoms with Crippen molar-refractivity contribution in [2.24, 2.45) is 23.7 Å². The fourth-order valence-corrected chi connectivity index (χ4v) is 8.65. The molecular weight excluding hydrogens is 396 g/mol. The van der Waals surface area contributed by atoms with Crippen LogP contribution >= 0.6 is 11.3 Å². The first kappa shape index (κ1) is 20.5. The predicted octanol–water partition coefficient (Wildman–Crippen LogP) is 4.50. The van der Waals surface area contributed by atoms with Gasteiger partial charge in [0.2, 0.25) is 5.91 Å². The Labute approximate surface area is 183 Å². The molecule has 5 aliphatic carbocycles. The van der Waals surface area contributed by atoms with E-state index in [9.17, 15) is 9.59 Å². The number of nitrogens with zero attached hydrogens (tertiary/aromatic N) is 1. The lowest BCUT2D eigenvalue weighted by Crippen LogP contribution is -2.59. The molecule has 30 heavy (non-hydrogen) atoms. The number of hydrogen-bond donors (Lipinski definition) is 1. The van der Waals surface area contributed by atoms with E-state index in [4.69, 9.17) is 4.74 Å². The van der Waals surface area contributed by atoms with E-state index < -0.39 is 0 Å². The minimum atomic E-state index is -0.327. The summed E-state index contributed by atoms with van der Waals surface area (Å²) in [6.07, 6.45) is 10.9. The van der Waals surface area contributed by atoms with Crippen LogP contribution in [0.25, 0.3) is 0 Å². The van der Waals surface area contributed by atoms with Crippen molar-refractivity contribution in [1.82, 2.24) is 4.90 Å². The van der Waals surface area contributed by atoms with E-state index in [0.717, 1.165) is 42.6 Å².